The molecule has 0 aromatic heterocycles. The highest BCUT2D eigenvalue weighted by Gasteiger charge is 2.35. The SMILES string of the molecule is CN1C(=O)CCC(N[C@H]2CCC[C@@H]2O)C1=O. The summed E-state index contributed by atoms with van der Waals surface area (Å²) in [4.78, 5) is 24.3. The first kappa shape index (κ1) is 11.5. The van der Waals surface area contributed by atoms with Gasteiger partial charge in [0.25, 0.3) is 0 Å². The minimum atomic E-state index is -0.351. The fourth-order valence-corrected chi connectivity index (χ4v) is 2.46. The van der Waals surface area contributed by atoms with Crippen molar-refractivity contribution in [3.8, 4) is 0 Å². The molecule has 0 radical (unpaired) electrons. The average molecular weight is 226 g/mol. The highest BCUT2D eigenvalue weighted by molar-refractivity contribution is 6.00. The quantitative estimate of drug-likeness (QED) is 0.631. The number of hydrogen-bond donors (Lipinski definition) is 2. The summed E-state index contributed by atoms with van der Waals surface area (Å²) in [6, 6.07) is -0.295. The second-order valence-corrected chi connectivity index (χ2v) is 4.65. The van der Waals surface area contributed by atoms with Crippen molar-refractivity contribution in [1.82, 2.24) is 10.2 Å². The third-order valence-corrected chi connectivity index (χ3v) is 3.54. The maximum absolute atomic E-state index is 11.8. The molecule has 1 saturated heterocycles. The van der Waals surface area contributed by atoms with Crippen LogP contribution in [0.5, 0.6) is 0 Å². The van der Waals surface area contributed by atoms with E-state index in [-0.39, 0.29) is 30.0 Å². The molecule has 3 atom stereocenters. The number of hydrogen-bond acceptors (Lipinski definition) is 4. The van der Waals surface area contributed by atoms with Gasteiger partial charge in [0.1, 0.15) is 0 Å². The molecule has 2 fully saturated rings. The first-order valence-corrected chi connectivity index (χ1v) is 5.84. The van der Waals surface area contributed by atoms with Gasteiger partial charge in [-0.2, -0.15) is 0 Å². The van der Waals surface area contributed by atoms with Crippen LogP contribution in [0.15, 0.2) is 0 Å². The van der Waals surface area contributed by atoms with Crippen LogP contribution in [0, 0.1) is 0 Å². The lowest BCUT2D eigenvalue weighted by atomic mass is 10.0. The van der Waals surface area contributed by atoms with Gasteiger partial charge >= 0.3 is 0 Å². The van der Waals surface area contributed by atoms with E-state index in [1.807, 2.05) is 0 Å². The van der Waals surface area contributed by atoms with Crippen LogP contribution < -0.4 is 5.32 Å². The standard InChI is InChI=1S/C11H18N2O3/c1-13-10(15)6-5-8(11(13)16)12-7-3-2-4-9(7)14/h7-9,12,14H,2-6H2,1H3/t7-,8?,9-/m0/s1. The summed E-state index contributed by atoms with van der Waals surface area (Å²) in [5.41, 5.74) is 0. The van der Waals surface area contributed by atoms with Crippen molar-refractivity contribution in [1.29, 1.82) is 0 Å². The summed E-state index contributed by atoms with van der Waals surface area (Å²) in [6.07, 6.45) is 3.30. The molecule has 1 aliphatic carbocycles. The zero-order valence-corrected chi connectivity index (χ0v) is 9.48. The summed E-state index contributed by atoms with van der Waals surface area (Å²) in [5.74, 6) is -0.287. The molecule has 2 rings (SSSR count). The number of aliphatic hydroxyl groups excluding tert-OH is 1. The minimum Gasteiger partial charge on any atom is -0.392 e. The Bertz CT molecular complexity index is 306. The second-order valence-electron chi connectivity index (χ2n) is 4.65. The van der Waals surface area contributed by atoms with Crippen LogP contribution in [0.2, 0.25) is 0 Å². The van der Waals surface area contributed by atoms with E-state index < -0.39 is 0 Å². The average Bonchev–Trinajstić information content (AvgIpc) is 2.65. The van der Waals surface area contributed by atoms with Crippen molar-refractivity contribution in [3.63, 3.8) is 0 Å². The molecular formula is C11H18N2O3. The van der Waals surface area contributed by atoms with Crippen LogP contribution in [-0.4, -0.2) is 47.1 Å². The van der Waals surface area contributed by atoms with Crippen LogP contribution in [0.4, 0.5) is 0 Å². The lowest BCUT2D eigenvalue weighted by Gasteiger charge is -2.31. The van der Waals surface area contributed by atoms with E-state index in [4.69, 9.17) is 0 Å². The summed E-state index contributed by atoms with van der Waals surface area (Å²) < 4.78 is 0. The van der Waals surface area contributed by atoms with Gasteiger partial charge in [-0.3, -0.25) is 14.5 Å². The largest absolute Gasteiger partial charge is 0.392 e. The monoisotopic (exact) mass is 226 g/mol. The molecule has 5 nitrogen and oxygen atoms in total. The van der Waals surface area contributed by atoms with Crippen molar-refractivity contribution in [2.45, 2.75) is 50.3 Å². The summed E-state index contributed by atoms with van der Waals surface area (Å²) >= 11 is 0. The van der Waals surface area contributed by atoms with Crippen LogP contribution in [0.1, 0.15) is 32.1 Å². The lowest BCUT2D eigenvalue weighted by Crippen LogP contribution is -2.55. The first-order chi connectivity index (χ1) is 7.59. The van der Waals surface area contributed by atoms with E-state index in [0.717, 1.165) is 19.3 Å². The Labute approximate surface area is 94.8 Å². The Morgan fingerprint density at radius 2 is 2.06 bits per heavy atom. The molecule has 0 bridgehead atoms. The Hall–Kier alpha value is -0.940. The molecule has 0 spiro atoms. The number of likely N-dealkylation sites (N-methyl/N-ethyl adjacent to an activating group) is 1. The molecule has 1 unspecified atom stereocenters. The number of amides is 2. The van der Waals surface area contributed by atoms with Gasteiger partial charge in [0.05, 0.1) is 12.1 Å². The van der Waals surface area contributed by atoms with E-state index in [1.165, 1.54) is 11.9 Å². The van der Waals surface area contributed by atoms with Crippen molar-refractivity contribution in [3.05, 3.63) is 0 Å². The molecule has 16 heavy (non-hydrogen) atoms. The summed E-state index contributed by atoms with van der Waals surface area (Å²) in [6.45, 7) is 0. The maximum atomic E-state index is 11.8. The van der Waals surface area contributed by atoms with Crippen LogP contribution >= 0.6 is 0 Å². The zero-order valence-electron chi connectivity index (χ0n) is 9.48. The van der Waals surface area contributed by atoms with E-state index >= 15 is 0 Å². The van der Waals surface area contributed by atoms with Gasteiger partial charge in [-0.05, 0) is 25.7 Å². The van der Waals surface area contributed by atoms with Gasteiger partial charge in [-0.15, -0.1) is 0 Å². The van der Waals surface area contributed by atoms with Crippen molar-refractivity contribution < 1.29 is 14.7 Å². The number of piperidine rings is 1. The van der Waals surface area contributed by atoms with Crippen LogP contribution in [0.3, 0.4) is 0 Å². The Morgan fingerprint density at radius 1 is 1.31 bits per heavy atom. The van der Waals surface area contributed by atoms with Crippen LogP contribution in [0.25, 0.3) is 0 Å². The van der Waals surface area contributed by atoms with Crippen molar-refractivity contribution in [2.75, 3.05) is 7.05 Å². The zero-order chi connectivity index (χ0) is 11.7. The van der Waals surface area contributed by atoms with Gasteiger partial charge in [-0.1, -0.05) is 0 Å². The van der Waals surface area contributed by atoms with Crippen LogP contribution in [-0.2, 0) is 9.59 Å². The molecule has 1 heterocycles. The van der Waals surface area contributed by atoms with Crippen molar-refractivity contribution in [2.24, 2.45) is 0 Å². The minimum absolute atomic E-state index is 0.00977. The Balaban J connectivity index is 1.95. The smallest absolute Gasteiger partial charge is 0.246 e. The van der Waals surface area contributed by atoms with E-state index in [1.54, 1.807) is 0 Å². The Morgan fingerprint density at radius 3 is 2.69 bits per heavy atom. The highest BCUT2D eigenvalue weighted by atomic mass is 16.3. The molecule has 2 amide bonds. The van der Waals surface area contributed by atoms with Crippen molar-refractivity contribution >= 4 is 11.8 Å². The summed E-state index contributed by atoms with van der Waals surface area (Å²) in [7, 11) is 1.52. The summed E-state index contributed by atoms with van der Waals surface area (Å²) in [5, 5.41) is 12.8. The Kier molecular flexibility index (Phi) is 3.25. The fraction of sp³-hybridized carbons (Fsp3) is 0.818. The number of nitrogens with zero attached hydrogens (tertiary/aromatic N) is 1. The predicted molar refractivity (Wildman–Crippen MR) is 57.6 cm³/mol. The number of aliphatic hydroxyl groups is 1. The first-order valence-electron chi connectivity index (χ1n) is 5.84. The number of imide groups is 1. The van der Waals surface area contributed by atoms with Gasteiger partial charge in [0.2, 0.25) is 11.8 Å². The second kappa shape index (κ2) is 4.51. The number of likely N-dealkylation sites (tertiary alicyclic amines) is 1. The molecule has 1 aliphatic heterocycles. The number of nitrogens with one attached hydrogen (secondary N) is 1. The van der Waals surface area contributed by atoms with Gasteiger partial charge in [-0.25, -0.2) is 0 Å². The van der Waals surface area contributed by atoms with Gasteiger partial charge in [0, 0.05) is 19.5 Å². The molecule has 5 heteroatoms. The predicted octanol–water partition coefficient (Wildman–Crippen LogP) is -0.363. The molecule has 0 aromatic carbocycles. The maximum Gasteiger partial charge on any atom is 0.246 e. The fourth-order valence-electron chi connectivity index (χ4n) is 2.46. The molecule has 1 saturated carbocycles. The van der Waals surface area contributed by atoms with Gasteiger partial charge < -0.3 is 10.4 Å². The van der Waals surface area contributed by atoms with E-state index in [0.29, 0.717) is 12.8 Å². The molecule has 0 aromatic rings. The highest BCUT2D eigenvalue weighted by Crippen LogP contribution is 2.21. The van der Waals surface area contributed by atoms with E-state index in [9.17, 15) is 14.7 Å². The third-order valence-electron chi connectivity index (χ3n) is 3.54. The molecule has 2 aliphatic rings. The lowest BCUT2D eigenvalue weighted by molar-refractivity contribution is -0.148. The number of rotatable bonds is 2. The number of carbonyl (C=O) groups is 2. The third kappa shape index (κ3) is 2.10. The number of carbonyl (C=O) groups excluding carboxylic acids is 2. The molecular weight excluding hydrogens is 208 g/mol. The topological polar surface area (TPSA) is 69.6 Å². The van der Waals surface area contributed by atoms with Gasteiger partial charge in [0.15, 0.2) is 0 Å². The molecule has 2 N–H and O–H groups in total. The molecule has 90 valence electrons. The van der Waals surface area contributed by atoms with E-state index in [2.05, 4.69) is 5.32 Å². The normalized spacial score (nSPS) is 35.9.